The van der Waals surface area contributed by atoms with Crippen molar-refractivity contribution in [3.63, 3.8) is 0 Å². The summed E-state index contributed by atoms with van der Waals surface area (Å²) in [5.74, 6) is -0.107. The highest BCUT2D eigenvalue weighted by molar-refractivity contribution is 6.30. The number of pyridine rings is 1. The van der Waals surface area contributed by atoms with Crippen LogP contribution in [0, 0.1) is 16.9 Å². The molecule has 0 radical (unpaired) electrons. The lowest BCUT2D eigenvalue weighted by Crippen LogP contribution is -2.45. The molecule has 0 spiro atoms. The maximum atomic E-state index is 12.7. The molecule has 1 aromatic heterocycles. The fraction of sp³-hybridized carbons (Fsp3) is 0.238. The molecule has 8 heteroatoms. The molecule has 0 fully saturated rings. The Bertz CT molecular complexity index is 903. The van der Waals surface area contributed by atoms with Crippen molar-refractivity contribution in [2.75, 3.05) is 5.32 Å². The SMILES string of the molecule is C=CCC(C)(C)C(N=C(NC#N)Nc1cccnc1)NC(=O)c1ccc(Cl)cc1. The molecule has 2 rings (SSSR count). The van der Waals surface area contributed by atoms with E-state index in [0.717, 1.165) is 0 Å². The Hall–Kier alpha value is -3.37. The van der Waals surface area contributed by atoms with Crippen LogP contribution in [0.15, 0.2) is 66.4 Å². The maximum Gasteiger partial charge on any atom is 0.252 e. The van der Waals surface area contributed by atoms with E-state index in [9.17, 15) is 4.79 Å². The average Bonchev–Trinajstić information content (AvgIpc) is 2.69. The topological polar surface area (TPSA) is 102 Å². The summed E-state index contributed by atoms with van der Waals surface area (Å²) in [6.07, 6.45) is 6.81. The molecular weight excluding hydrogens is 388 g/mol. The van der Waals surface area contributed by atoms with Crippen LogP contribution in [0.3, 0.4) is 0 Å². The number of aliphatic imine (C=N–C) groups is 1. The molecule has 0 bridgehead atoms. The Morgan fingerprint density at radius 1 is 1.38 bits per heavy atom. The smallest absolute Gasteiger partial charge is 0.252 e. The minimum Gasteiger partial charge on any atom is -0.330 e. The fourth-order valence-electron chi connectivity index (χ4n) is 2.55. The Morgan fingerprint density at radius 3 is 2.69 bits per heavy atom. The zero-order valence-corrected chi connectivity index (χ0v) is 17.1. The third-order valence-electron chi connectivity index (χ3n) is 4.14. The quantitative estimate of drug-likeness (QED) is 0.211. The van der Waals surface area contributed by atoms with E-state index in [1.54, 1.807) is 54.9 Å². The number of nitriles is 1. The normalized spacial score (nSPS) is 12.4. The molecule has 0 saturated carbocycles. The minimum absolute atomic E-state index is 0.194. The van der Waals surface area contributed by atoms with E-state index in [1.807, 2.05) is 20.0 Å². The summed E-state index contributed by atoms with van der Waals surface area (Å²) in [4.78, 5) is 21.4. The van der Waals surface area contributed by atoms with Crippen molar-refractivity contribution >= 4 is 29.2 Å². The predicted octanol–water partition coefficient (Wildman–Crippen LogP) is 3.93. The molecular formula is C21H23ClN6O. The van der Waals surface area contributed by atoms with Crippen LogP contribution in [-0.4, -0.2) is 23.0 Å². The number of nitrogens with one attached hydrogen (secondary N) is 3. The number of aromatic nitrogens is 1. The highest BCUT2D eigenvalue weighted by Gasteiger charge is 2.30. The fourth-order valence-corrected chi connectivity index (χ4v) is 2.67. The van der Waals surface area contributed by atoms with Gasteiger partial charge in [-0.2, -0.15) is 5.26 Å². The number of hydrogen-bond acceptors (Lipinski definition) is 4. The Labute approximate surface area is 175 Å². The molecule has 1 aromatic carbocycles. The van der Waals surface area contributed by atoms with Gasteiger partial charge in [-0.1, -0.05) is 31.5 Å². The van der Waals surface area contributed by atoms with Crippen molar-refractivity contribution in [3.05, 3.63) is 72.0 Å². The summed E-state index contributed by atoms with van der Waals surface area (Å²) in [5, 5.41) is 18.1. The van der Waals surface area contributed by atoms with Crippen molar-refractivity contribution in [3.8, 4) is 6.19 Å². The average molecular weight is 411 g/mol. The molecule has 2 aromatic rings. The van der Waals surface area contributed by atoms with Gasteiger partial charge in [0, 0.05) is 22.2 Å². The minimum atomic E-state index is -0.649. The van der Waals surface area contributed by atoms with Crippen molar-refractivity contribution in [2.24, 2.45) is 10.4 Å². The van der Waals surface area contributed by atoms with Gasteiger partial charge in [0.05, 0.1) is 11.9 Å². The van der Waals surface area contributed by atoms with Gasteiger partial charge in [0.25, 0.3) is 5.91 Å². The second kappa shape index (κ2) is 10.2. The van der Waals surface area contributed by atoms with Crippen molar-refractivity contribution in [2.45, 2.75) is 26.4 Å². The first-order chi connectivity index (χ1) is 13.9. The second-order valence-corrected chi connectivity index (χ2v) is 7.38. The standard InChI is InChI=1S/C21H23ClN6O/c1-4-11-21(2,3)19(27-18(29)15-7-9-16(22)10-8-15)28-20(25-14-23)26-17-6-5-12-24-13-17/h4-10,12-13,19H,1,11H2,2-3H3,(H,27,29)(H2,25,26,28). The van der Waals surface area contributed by atoms with Crippen LogP contribution in [0.2, 0.25) is 5.02 Å². The highest BCUT2D eigenvalue weighted by Crippen LogP contribution is 2.27. The van der Waals surface area contributed by atoms with Gasteiger partial charge in [0.15, 0.2) is 6.19 Å². The number of amides is 1. The molecule has 0 aliphatic heterocycles. The van der Waals surface area contributed by atoms with Gasteiger partial charge < -0.3 is 10.6 Å². The van der Waals surface area contributed by atoms with Crippen LogP contribution in [0.4, 0.5) is 5.69 Å². The van der Waals surface area contributed by atoms with E-state index in [4.69, 9.17) is 16.9 Å². The number of benzene rings is 1. The van der Waals surface area contributed by atoms with E-state index in [1.165, 1.54) is 0 Å². The number of allylic oxidation sites excluding steroid dienone is 1. The van der Waals surface area contributed by atoms with Gasteiger partial charge in [-0.15, -0.1) is 6.58 Å². The lowest BCUT2D eigenvalue weighted by Gasteiger charge is -2.31. The van der Waals surface area contributed by atoms with Crippen LogP contribution in [0.25, 0.3) is 0 Å². The number of carbonyl (C=O) groups is 1. The van der Waals surface area contributed by atoms with Crippen LogP contribution < -0.4 is 16.0 Å². The Morgan fingerprint density at radius 2 is 2.10 bits per heavy atom. The number of nitrogens with zero attached hydrogens (tertiary/aromatic N) is 3. The monoisotopic (exact) mass is 410 g/mol. The summed E-state index contributed by atoms with van der Waals surface area (Å²) >= 11 is 5.90. The third-order valence-corrected chi connectivity index (χ3v) is 4.39. The largest absolute Gasteiger partial charge is 0.330 e. The van der Waals surface area contributed by atoms with Crippen LogP contribution in [0.1, 0.15) is 30.6 Å². The summed E-state index contributed by atoms with van der Waals surface area (Å²) in [5.41, 5.74) is 0.639. The van der Waals surface area contributed by atoms with Gasteiger partial charge in [-0.25, -0.2) is 4.99 Å². The molecule has 150 valence electrons. The van der Waals surface area contributed by atoms with Gasteiger partial charge in [0.2, 0.25) is 5.96 Å². The number of halogens is 1. The third kappa shape index (κ3) is 6.63. The van der Waals surface area contributed by atoms with Crippen molar-refractivity contribution in [1.29, 1.82) is 5.26 Å². The van der Waals surface area contributed by atoms with Crippen LogP contribution in [-0.2, 0) is 0 Å². The lowest BCUT2D eigenvalue weighted by molar-refractivity contribution is 0.0900. The van der Waals surface area contributed by atoms with Gasteiger partial charge >= 0.3 is 0 Å². The van der Waals surface area contributed by atoms with Gasteiger partial charge in [-0.05, 0) is 42.8 Å². The number of guanidine groups is 1. The van der Waals surface area contributed by atoms with E-state index in [2.05, 4.69) is 32.5 Å². The summed E-state index contributed by atoms with van der Waals surface area (Å²) in [6.45, 7) is 7.71. The first-order valence-electron chi connectivity index (χ1n) is 8.93. The summed E-state index contributed by atoms with van der Waals surface area (Å²) < 4.78 is 0. The van der Waals surface area contributed by atoms with Gasteiger partial charge in [0.1, 0.15) is 6.17 Å². The maximum absolute atomic E-state index is 12.7. The number of carbonyl (C=O) groups excluding carboxylic acids is 1. The zero-order valence-electron chi connectivity index (χ0n) is 16.3. The number of hydrogen-bond donors (Lipinski definition) is 3. The molecule has 0 aliphatic carbocycles. The molecule has 1 atom stereocenters. The molecule has 0 saturated heterocycles. The second-order valence-electron chi connectivity index (χ2n) is 6.95. The van der Waals surface area contributed by atoms with Crippen molar-refractivity contribution < 1.29 is 4.79 Å². The van der Waals surface area contributed by atoms with E-state index in [-0.39, 0.29) is 11.9 Å². The molecule has 29 heavy (non-hydrogen) atoms. The first-order valence-corrected chi connectivity index (χ1v) is 9.31. The molecule has 1 unspecified atom stereocenters. The van der Waals surface area contributed by atoms with Crippen LogP contribution >= 0.6 is 11.6 Å². The highest BCUT2D eigenvalue weighted by atomic mass is 35.5. The molecule has 7 nitrogen and oxygen atoms in total. The van der Waals surface area contributed by atoms with Gasteiger partial charge in [-0.3, -0.25) is 15.1 Å². The molecule has 1 amide bonds. The molecule has 0 aliphatic rings. The number of anilines is 1. The first kappa shape index (κ1) is 21.9. The number of rotatable bonds is 7. The van der Waals surface area contributed by atoms with E-state index < -0.39 is 11.6 Å². The zero-order chi connectivity index (χ0) is 21.3. The summed E-state index contributed by atoms with van der Waals surface area (Å²) in [6, 6.07) is 10.1. The van der Waals surface area contributed by atoms with E-state index in [0.29, 0.717) is 22.7 Å². The Balaban J connectivity index is 2.33. The van der Waals surface area contributed by atoms with E-state index >= 15 is 0 Å². The molecule has 3 N–H and O–H groups in total. The summed E-state index contributed by atoms with van der Waals surface area (Å²) in [7, 11) is 0. The predicted molar refractivity (Wildman–Crippen MR) is 115 cm³/mol. The molecule has 1 heterocycles. The Kier molecular flexibility index (Phi) is 7.75. The van der Waals surface area contributed by atoms with Crippen LogP contribution in [0.5, 0.6) is 0 Å². The lowest BCUT2D eigenvalue weighted by atomic mass is 9.85. The van der Waals surface area contributed by atoms with Crippen molar-refractivity contribution in [1.82, 2.24) is 15.6 Å².